The fourth-order valence-electron chi connectivity index (χ4n) is 3.52. The lowest BCUT2D eigenvalue weighted by Crippen LogP contribution is -2.40. The van der Waals surface area contributed by atoms with Crippen molar-refractivity contribution in [2.75, 3.05) is 6.54 Å². The Morgan fingerprint density at radius 1 is 1.32 bits per heavy atom. The molecular formula is C16H23N3O3. The number of hydrogen-bond donors (Lipinski definition) is 1. The van der Waals surface area contributed by atoms with Gasteiger partial charge in [-0.3, -0.25) is 9.59 Å². The molecular weight excluding hydrogens is 282 g/mol. The Balaban J connectivity index is 1.59. The number of amides is 2. The third-order valence-electron chi connectivity index (χ3n) is 4.71. The van der Waals surface area contributed by atoms with Crippen LogP contribution in [0.1, 0.15) is 61.2 Å². The van der Waals surface area contributed by atoms with Gasteiger partial charge in [0.15, 0.2) is 6.39 Å². The molecule has 2 aliphatic rings. The van der Waals surface area contributed by atoms with Crippen LogP contribution >= 0.6 is 0 Å². The fraction of sp³-hybridized carbons (Fsp3) is 0.688. The van der Waals surface area contributed by atoms with E-state index in [4.69, 9.17) is 4.42 Å². The van der Waals surface area contributed by atoms with Crippen LogP contribution in [-0.2, 0) is 4.79 Å². The van der Waals surface area contributed by atoms with Crippen molar-refractivity contribution in [2.45, 2.75) is 64.0 Å². The second-order valence-electron chi connectivity index (χ2n) is 6.33. The van der Waals surface area contributed by atoms with E-state index in [1.165, 1.54) is 32.1 Å². The summed E-state index contributed by atoms with van der Waals surface area (Å²) in [6.45, 7) is 2.35. The van der Waals surface area contributed by atoms with Crippen LogP contribution in [0.5, 0.6) is 0 Å². The van der Waals surface area contributed by atoms with Gasteiger partial charge in [-0.1, -0.05) is 25.7 Å². The summed E-state index contributed by atoms with van der Waals surface area (Å²) >= 11 is 0. The standard InChI is InChI=1S/C16H23N3O3/c1-11-15(22-10-17-11)16(21)18-12-8-14(20)19(9-12)13-6-4-2-3-5-7-13/h10,12-13H,2-9H2,1H3,(H,18,21)/t12-/m1/s1. The molecule has 1 atom stereocenters. The first-order valence-electron chi connectivity index (χ1n) is 8.15. The van der Waals surface area contributed by atoms with Gasteiger partial charge in [-0.15, -0.1) is 0 Å². The van der Waals surface area contributed by atoms with Crippen molar-refractivity contribution in [3.05, 3.63) is 17.8 Å². The Labute approximate surface area is 130 Å². The number of aryl methyl sites for hydroxylation is 1. The Morgan fingerprint density at radius 2 is 2.05 bits per heavy atom. The topological polar surface area (TPSA) is 75.4 Å². The van der Waals surface area contributed by atoms with Crippen LogP contribution in [0.2, 0.25) is 0 Å². The van der Waals surface area contributed by atoms with Crippen LogP contribution in [0.15, 0.2) is 10.8 Å². The summed E-state index contributed by atoms with van der Waals surface area (Å²) in [7, 11) is 0. The minimum Gasteiger partial charge on any atom is -0.438 e. The number of nitrogens with one attached hydrogen (secondary N) is 1. The Hall–Kier alpha value is -1.85. The molecule has 6 nitrogen and oxygen atoms in total. The van der Waals surface area contributed by atoms with E-state index in [9.17, 15) is 9.59 Å². The van der Waals surface area contributed by atoms with Crippen LogP contribution in [0, 0.1) is 6.92 Å². The van der Waals surface area contributed by atoms with Crippen molar-refractivity contribution >= 4 is 11.8 Å². The van der Waals surface area contributed by atoms with Crippen molar-refractivity contribution in [1.29, 1.82) is 0 Å². The van der Waals surface area contributed by atoms with Crippen molar-refractivity contribution in [2.24, 2.45) is 0 Å². The third-order valence-corrected chi connectivity index (χ3v) is 4.71. The molecule has 3 rings (SSSR count). The number of aromatic nitrogens is 1. The molecule has 1 saturated carbocycles. The number of carbonyl (C=O) groups excluding carboxylic acids is 2. The first kappa shape index (κ1) is 15.1. The largest absolute Gasteiger partial charge is 0.438 e. The molecule has 1 N–H and O–H groups in total. The number of oxazole rings is 1. The van der Waals surface area contributed by atoms with Gasteiger partial charge in [0.05, 0.1) is 11.7 Å². The normalized spacial score (nSPS) is 23.6. The number of nitrogens with zero attached hydrogens (tertiary/aromatic N) is 2. The molecule has 1 aromatic rings. The first-order chi connectivity index (χ1) is 10.6. The molecule has 1 saturated heterocycles. The zero-order valence-corrected chi connectivity index (χ0v) is 13.0. The van der Waals surface area contributed by atoms with Gasteiger partial charge in [-0.25, -0.2) is 4.98 Å². The second kappa shape index (κ2) is 6.50. The van der Waals surface area contributed by atoms with Crippen LogP contribution in [0.3, 0.4) is 0 Å². The molecule has 1 aliphatic carbocycles. The molecule has 6 heteroatoms. The molecule has 1 aliphatic heterocycles. The molecule has 0 unspecified atom stereocenters. The van der Waals surface area contributed by atoms with Crippen LogP contribution in [0.25, 0.3) is 0 Å². The van der Waals surface area contributed by atoms with E-state index in [2.05, 4.69) is 10.3 Å². The van der Waals surface area contributed by atoms with Gasteiger partial charge in [-0.2, -0.15) is 0 Å². The van der Waals surface area contributed by atoms with Gasteiger partial charge in [0.1, 0.15) is 0 Å². The minimum atomic E-state index is -0.282. The third kappa shape index (κ3) is 3.15. The van der Waals surface area contributed by atoms with E-state index in [-0.39, 0.29) is 23.6 Å². The van der Waals surface area contributed by atoms with E-state index < -0.39 is 0 Å². The quantitative estimate of drug-likeness (QED) is 0.867. The number of hydrogen-bond acceptors (Lipinski definition) is 4. The molecule has 22 heavy (non-hydrogen) atoms. The van der Waals surface area contributed by atoms with Crippen molar-refractivity contribution < 1.29 is 14.0 Å². The van der Waals surface area contributed by atoms with E-state index in [0.29, 0.717) is 24.7 Å². The summed E-state index contributed by atoms with van der Waals surface area (Å²) in [6, 6.07) is 0.219. The minimum absolute atomic E-state index is 0.132. The molecule has 2 fully saturated rings. The van der Waals surface area contributed by atoms with Crippen LogP contribution in [0.4, 0.5) is 0 Å². The lowest BCUT2D eigenvalue weighted by molar-refractivity contribution is -0.129. The molecule has 120 valence electrons. The average molecular weight is 305 g/mol. The highest BCUT2D eigenvalue weighted by atomic mass is 16.3. The molecule has 0 bridgehead atoms. The van der Waals surface area contributed by atoms with Gasteiger partial charge >= 0.3 is 0 Å². The monoisotopic (exact) mass is 305 g/mol. The number of carbonyl (C=O) groups is 2. The lowest BCUT2D eigenvalue weighted by Gasteiger charge is -2.27. The average Bonchev–Trinajstić information content (AvgIpc) is 2.95. The molecule has 2 heterocycles. The summed E-state index contributed by atoms with van der Waals surface area (Å²) in [5.41, 5.74) is 0.572. The molecule has 1 aromatic heterocycles. The maximum atomic E-state index is 12.3. The maximum Gasteiger partial charge on any atom is 0.289 e. The van der Waals surface area contributed by atoms with Crippen LogP contribution in [-0.4, -0.2) is 40.3 Å². The summed E-state index contributed by atoms with van der Waals surface area (Å²) in [5, 5.41) is 2.90. The fourth-order valence-corrected chi connectivity index (χ4v) is 3.52. The predicted molar refractivity (Wildman–Crippen MR) is 80.3 cm³/mol. The van der Waals surface area contributed by atoms with Crippen molar-refractivity contribution in [3.63, 3.8) is 0 Å². The molecule has 2 amide bonds. The van der Waals surface area contributed by atoms with E-state index >= 15 is 0 Å². The zero-order chi connectivity index (χ0) is 15.5. The molecule has 0 spiro atoms. The van der Waals surface area contributed by atoms with Gasteiger partial charge in [0.25, 0.3) is 5.91 Å². The first-order valence-corrected chi connectivity index (χ1v) is 8.15. The van der Waals surface area contributed by atoms with E-state index in [1.807, 2.05) is 4.90 Å². The van der Waals surface area contributed by atoms with E-state index in [0.717, 1.165) is 12.8 Å². The number of likely N-dealkylation sites (tertiary alicyclic amines) is 1. The number of rotatable bonds is 3. The summed E-state index contributed by atoms with van der Waals surface area (Å²) in [4.78, 5) is 30.3. The summed E-state index contributed by atoms with van der Waals surface area (Å²) in [5.74, 6) is 0.113. The SMILES string of the molecule is Cc1ncoc1C(=O)N[C@@H]1CC(=O)N(C2CCCCCC2)C1. The zero-order valence-electron chi connectivity index (χ0n) is 13.0. The van der Waals surface area contributed by atoms with Crippen molar-refractivity contribution in [3.8, 4) is 0 Å². The Kier molecular flexibility index (Phi) is 4.45. The smallest absolute Gasteiger partial charge is 0.289 e. The van der Waals surface area contributed by atoms with E-state index in [1.54, 1.807) is 6.92 Å². The highest BCUT2D eigenvalue weighted by Crippen LogP contribution is 2.26. The highest BCUT2D eigenvalue weighted by molar-refractivity contribution is 5.93. The van der Waals surface area contributed by atoms with Gasteiger partial charge in [-0.05, 0) is 19.8 Å². The Morgan fingerprint density at radius 3 is 2.68 bits per heavy atom. The molecule has 0 aromatic carbocycles. The van der Waals surface area contributed by atoms with Gasteiger partial charge < -0.3 is 14.6 Å². The Bertz CT molecular complexity index is 547. The lowest BCUT2D eigenvalue weighted by atomic mass is 10.1. The maximum absolute atomic E-state index is 12.3. The second-order valence-corrected chi connectivity index (χ2v) is 6.33. The summed E-state index contributed by atoms with van der Waals surface area (Å²) in [6.07, 6.45) is 8.76. The van der Waals surface area contributed by atoms with Crippen molar-refractivity contribution in [1.82, 2.24) is 15.2 Å². The van der Waals surface area contributed by atoms with Crippen LogP contribution < -0.4 is 5.32 Å². The van der Waals surface area contributed by atoms with Gasteiger partial charge in [0.2, 0.25) is 11.7 Å². The van der Waals surface area contributed by atoms with Gasteiger partial charge in [0, 0.05) is 19.0 Å². The summed E-state index contributed by atoms with van der Waals surface area (Å²) < 4.78 is 5.10. The predicted octanol–water partition coefficient (Wildman–Crippen LogP) is 2.04. The molecule has 0 radical (unpaired) electrons. The highest BCUT2D eigenvalue weighted by Gasteiger charge is 2.35.